The van der Waals surface area contributed by atoms with Crippen molar-refractivity contribution in [3.05, 3.63) is 17.3 Å². The van der Waals surface area contributed by atoms with E-state index in [4.69, 9.17) is 17.3 Å². The molecule has 1 unspecified atom stereocenters. The molecule has 2 N–H and O–H groups in total. The Morgan fingerprint density at radius 3 is 2.69 bits per heavy atom. The summed E-state index contributed by atoms with van der Waals surface area (Å²) in [6, 6.07) is 3.22. The second kappa shape index (κ2) is 3.50. The molecule has 0 amide bonds. The standard InChI is InChI=1S/C11H15ClN4/c1-15-7-2-8(15)6-16(5-7)11-3-10(13)9(12)4-14-11/h3-4,7-8H,2,5-6H2,1H3,(H2,13,14)/t7-,8?/m0/s1. The molecule has 3 fully saturated rings. The van der Waals surface area contributed by atoms with Crippen molar-refractivity contribution >= 4 is 23.1 Å². The molecule has 86 valence electrons. The monoisotopic (exact) mass is 238 g/mol. The molecule has 4 rings (SSSR count). The minimum atomic E-state index is 0.531. The zero-order valence-electron chi connectivity index (χ0n) is 9.23. The SMILES string of the molecule is CN1C2C[C@H]1CN(c1cc(N)c(Cl)cn1)C2. The Kier molecular flexibility index (Phi) is 2.23. The fraction of sp³-hybridized carbons (Fsp3) is 0.545. The molecule has 2 atom stereocenters. The Hall–Kier alpha value is -1.00. The molecule has 16 heavy (non-hydrogen) atoms. The first-order chi connectivity index (χ1) is 7.65. The Labute approximate surface area is 100.0 Å². The second-order valence-corrected chi connectivity index (χ2v) is 5.09. The van der Waals surface area contributed by atoms with E-state index in [1.54, 1.807) is 6.20 Å². The van der Waals surface area contributed by atoms with Crippen LogP contribution in [0.15, 0.2) is 12.3 Å². The minimum absolute atomic E-state index is 0.531. The highest BCUT2D eigenvalue weighted by atomic mass is 35.5. The second-order valence-electron chi connectivity index (χ2n) is 4.68. The Bertz CT molecular complexity index is 410. The third-order valence-corrected chi connectivity index (χ3v) is 4.07. The fourth-order valence-corrected chi connectivity index (χ4v) is 2.70. The Morgan fingerprint density at radius 2 is 2.12 bits per heavy atom. The first-order valence-corrected chi connectivity index (χ1v) is 5.91. The summed E-state index contributed by atoms with van der Waals surface area (Å²) in [6.07, 6.45) is 2.95. The number of nitrogen functional groups attached to an aromatic ring is 1. The number of anilines is 2. The maximum Gasteiger partial charge on any atom is 0.130 e. The van der Waals surface area contributed by atoms with E-state index in [-0.39, 0.29) is 0 Å². The van der Waals surface area contributed by atoms with Crippen molar-refractivity contribution in [3.63, 3.8) is 0 Å². The van der Waals surface area contributed by atoms with Gasteiger partial charge in [0.15, 0.2) is 0 Å². The minimum Gasteiger partial charge on any atom is -0.397 e. The number of piperidine rings is 1. The highest BCUT2D eigenvalue weighted by molar-refractivity contribution is 6.32. The molecule has 2 bridgehead atoms. The molecule has 0 saturated carbocycles. The average Bonchev–Trinajstić information content (AvgIpc) is 2.32. The Balaban J connectivity index is 1.81. The van der Waals surface area contributed by atoms with Crippen LogP contribution < -0.4 is 10.6 Å². The highest BCUT2D eigenvalue weighted by Gasteiger charge is 2.42. The summed E-state index contributed by atoms with van der Waals surface area (Å²) in [5.74, 6) is 0.949. The smallest absolute Gasteiger partial charge is 0.130 e. The van der Waals surface area contributed by atoms with Gasteiger partial charge in [0.05, 0.1) is 10.7 Å². The van der Waals surface area contributed by atoms with Crippen LogP contribution in [0.1, 0.15) is 6.42 Å². The van der Waals surface area contributed by atoms with Crippen LogP contribution >= 0.6 is 11.6 Å². The van der Waals surface area contributed by atoms with Crippen LogP contribution in [-0.4, -0.2) is 42.1 Å². The van der Waals surface area contributed by atoms with Gasteiger partial charge in [0.1, 0.15) is 5.82 Å². The maximum absolute atomic E-state index is 5.87. The van der Waals surface area contributed by atoms with Gasteiger partial charge in [-0.15, -0.1) is 0 Å². The van der Waals surface area contributed by atoms with Gasteiger partial charge in [-0.3, -0.25) is 4.90 Å². The van der Waals surface area contributed by atoms with Gasteiger partial charge in [0.2, 0.25) is 0 Å². The van der Waals surface area contributed by atoms with Gasteiger partial charge in [-0.1, -0.05) is 11.6 Å². The van der Waals surface area contributed by atoms with Crippen LogP contribution in [0, 0.1) is 0 Å². The van der Waals surface area contributed by atoms with Crippen LogP contribution in [0.25, 0.3) is 0 Å². The molecular weight excluding hydrogens is 224 g/mol. The van der Waals surface area contributed by atoms with Gasteiger partial charge in [-0.05, 0) is 13.5 Å². The van der Waals surface area contributed by atoms with E-state index in [9.17, 15) is 0 Å². The van der Waals surface area contributed by atoms with Crippen LogP contribution in [0.5, 0.6) is 0 Å². The third-order valence-electron chi connectivity index (χ3n) is 3.75. The summed E-state index contributed by atoms with van der Waals surface area (Å²) in [5.41, 5.74) is 6.40. The van der Waals surface area contributed by atoms with Gasteiger partial charge in [0.25, 0.3) is 0 Å². The number of nitrogens with two attached hydrogens (primary N) is 1. The van der Waals surface area contributed by atoms with Crippen molar-refractivity contribution in [1.29, 1.82) is 0 Å². The number of rotatable bonds is 1. The first kappa shape index (κ1) is 10.2. The molecule has 1 aromatic rings. The maximum atomic E-state index is 5.87. The number of piperazine rings is 1. The summed E-state index contributed by atoms with van der Waals surface area (Å²) in [6.45, 7) is 2.09. The number of fused-ring (bicyclic) bond motifs is 2. The number of likely N-dealkylation sites (N-methyl/N-ethyl adjacent to an activating group) is 1. The lowest BCUT2D eigenvalue weighted by Crippen LogP contribution is -2.67. The average molecular weight is 239 g/mol. The van der Waals surface area contributed by atoms with Crippen molar-refractivity contribution in [2.24, 2.45) is 0 Å². The van der Waals surface area contributed by atoms with Crippen molar-refractivity contribution in [1.82, 2.24) is 9.88 Å². The van der Waals surface area contributed by atoms with Crippen molar-refractivity contribution in [2.45, 2.75) is 18.5 Å². The molecular formula is C11H15ClN4. The summed E-state index contributed by atoms with van der Waals surface area (Å²) in [7, 11) is 2.19. The highest BCUT2D eigenvalue weighted by Crippen LogP contribution is 2.33. The normalized spacial score (nSPS) is 29.0. The van der Waals surface area contributed by atoms with E-state index in [0.29, 0.717) is 22.8 Å². The molecule has 0 radical (unpaired) electrons. The van der Waals surface area contributed by atoms with Gasteiger partial charge in [-0.25, -0.2) is 4.98 Å². The number of hydrogen-bond donors (Lipinski definition) is 1. The molecule has 4 heterocycles. The number of pyridine rings is 1. The van der Waals surface area contributed by atoms with Crippen molar-refractivity contribution in [2.75, 3.05) is 30.8 Å². The molecule has 0 aliphatic carbocycles. The van der Waals surface area contributed by atoms with Crippen LogP contribution in [0.3, 0.4) is 0 Å². The van der Waals surface area contributed by atoms with E-state index in [1.165, 1.54) is 6.42 Å². The van der Waals surface area contributed by atoms with E-state index in [2.05, 4.69) is 21.8 Å². The van der Waals surface area contributed by atoms with E-state index >= 15 is 0 Å². The molecule has 5 heteroatoms. The van der Waals surface area contributed by atoms with Crippen molar-refractivity contribution < 1.29 is 0 Å². The predicted molar refractivity (Wildman–Crippen MR) is 65.8 cm³/mol. The summed E-state index contributed by atoms with van der Waals surface area (Å²) < 4.78 is 0. The molecule has 3 aliphatic heterocycles. The van der Waals surface area contributed by atoms with Crippen molar-refractivity contribution in [3.8, 4) is 0 Å². The topological polar surface area (TPSA) is 45.4 Å². The van der Waals surface area contributed by atoms with Gasteiger partial charge < -0.3 is 10.6 Å². The summed E-state index contributed by atoms with van der Waals surface area (Å²) in [5, 5.41) is 0.531. The first-order valence-electron chi connectivity index (χ1n) is 5.53. The Morgan fingerprint density at radius 1 is 1.44 bits per heavy atom. The largest absolute Gasteiger partial charge is 0.397 e. The zero-order chi connectivity index (χ0) is 11.3. The molecule has 4 nitrogen and oxygen atoms in total. The number of nitrogens with zero attached hydrogens (tertiary/aromatic N) is 3. The molecule has 3 aliphatic rings. The van der Waals surface area contributed by atoms with E-state index in [0.717, 1.165) is 18.9 Å². The third kappa shape index (κ3) is 1.44. The lowest BCUT2D eigenvalue weighted by Gasteiger charge is -2.55. The fourth-order valence-electron chi connectivity index (χ4n) is 2.60. The predicted octanol–water partition coefficient (Wildman–Crippen LogP) is 1.21. The molecule has 0 spiro atoms. The summed E-state index contributed by atoms with van der Waals surface area (Å²) in [4.78, 5) is 9.08. The lowest BCUT2D eigenvalue weighted by atomic mass is 9.88. The van der Waals surface area contributed by atoms with Crippen LogP contribution in [0.2, 0.25) is 5.02 Å². The van der Waals surface area contributed by atoms with Crippen LogP contribution in [0.4, 0.5) is 11.5 Å². The number of hydrogen-bond acceptors (Lipinski definition) is 4. The zero-order valence-corrected chi connectivity index (χ0v) is 9.98. The summed E-state index contributed by atoms with van der Waals surface area (Å²) >= 11 is 5.87. The van der Waals surface area contributed by atoms with Gasteiger partial charge in [0, 0.05) is 37.4 Å². The van der Waals surface area contributed by atoms with E-state index in [1.807, 2.05) is 6.07 Å². The van der Waals surface area contributed by atoms with Gasteiger partial charge in [-0.2, -0.15) is 0 Å². The quantitative estimate of drug-likeness (QED) is 0.799. The molecule has 3 saturated heterocycles. The molecule has 0 aromatic carbocycles. The number of aromatic nitrogens is 1. The number of halogens is 1. The van der Waals surface area contributed by atoms with E-state index < -0.39 is 0 Å². The lowest BCUT2D eigenvalue weighted by molar-refractivity contribution is 0.0261. The van der Waals surface area contributed by atoms with Crippen LogP contribution in [-0.2, 0) is 0 Å². The molecule has 1 aromatic heterocycles. The van der Waals surface area contributed by atoms with Gasteiger partial charge >= 0.3 is 0 Å².